The standard InChI is InChI=1S/C31H35ClFN3O4S/c1-21-15-17-26(18-16-21)41(39,40)36(29-14-8-12-27(32)22(29)2)20-30(37)35(19-24-9-4-7-13-28(24)33)23(3)31(38)34-25-10-5-6-11-25/h4,7-9,12-18,23,25H,5-6,10-11,19-20H2,1-3H3,(H,34,38)/t23-/m1/s1. The van der Waals surface area contributed by atoms with Crippen LogP contribution >= 0.6 is 11.6 Å². The molecular formula is C31H35ClFN3O4S. The third-order valence-electron chi connectivity index (χ3n) is 7.56. The number of nitrogens with one attached hydrogen (secondary N) is 1. The van der Waals surface area contributed by atoms with E-state index in [-0.39, 0.29) is 34.6 Å². The van der Waals surface area contributed by atoms with Crippen molar-refractivity contribution in [3.8, 4) is 0 Å². The number of nitrogens with zero attached hydrogens (tertiary/aromatic N) is 2. The predicted molar refractivity (Wildman–Crippen MR) is 159 cm³/mol. The monoisotopic (exact) mass is 599 g/mol. The Balaban J connectivity index is 1.73. The molecule has 7 nitrogen and oxygen atoms in total. The van der Waals surface area contributed by atoms with Gasteiger partial charge < -0.3 is 10.2 Å². The Kier molecular flexibility index (Phi) is 9.71. The Labute approximate surface area is 246 Å². The lowest BCUT2D eigenvalue weighted by Crippen LogP contribution is -2.52. The van der Waals surface area contributed by atoms with E-state index in [1.54, 1.807) is 62.4 Å². The van der Waals surface area contributed by atoms with Crippen molar-refractivity contribution in [1.82, 2.24) is 10.2 Å². The molecule has 1 aliphatic rings. The summed E-state index contributed by atoms with van der Waals surface area (Å²) in [6, 6.07) is 16.2. The van der Waals surface area contributed by atoms with E-state index in [1.165, 1.54) is 23.1 Å². The number of halogens is 2. The fraction of sp³-hybridized carbons (Fsp3) is 0.355. The third-order valence-corrected chi connectivity index (χ3v) is 9.75. The lowest BCUT2D eigenvalue weighted by molar-refractivity contribution is -0.139. The van der Waals surface area contributed by atoms with Gasteiger partial charge in [-0.05, 0) is 69.5 Å². The first kappa shape index (κ1) is 30.5. The number of anilines is 1. The lowest BCUT2D eigenvalue weighted by atomic mass is 10.1. The first-order valence-electron chi connectivity index (χ1n) is 13.7. The van der Waals surface area contributed by atoms with E-state index in [2.05, 4.69) is 5.32 Å². The van der Waals surface area contributed by atoms with Crippen LogP contribution in [0.15, 0.2) is 71.6 Å². The summed E-state index contributed by atoms with van der Waals surface area (Å²) in [7, 11) is -4.23. The molecule has 41 heavy (non-hydrogen) atoms. The van der Waals surface area contributed by atoms with Crippen molar-refractivity contribution in [2.24, 2.45) is 0 Å². The molecule has 1 N–H and O–H groups in total. The number of carbonyl (C=O) groups excluding carboxylic acids is 2. The minimum absolute atomic E-state index is 0.00274. The second-order valence-corrected chi connectivity index (χ2v) is 12.8. The molecule has 0 spiro atoms. The molecule has 1 fully saturated rings. The molecule has 1 aliphatic carbocycles. The molecule has 3 aromatic carbocycles. The smallest absolute Gasteiger partial charge is 0.264 e. The van der Waals surface area contributed by atoms with Gasteiger partial charge in [0.2, 0.25) is 11.8 Å². The van der Waals surface area contributed by atoms with Gasteiger partial charge >= 0.3 is 0 Å². The van der Waals surface area contributed by atoms with E-state index in [9.17, 15) is 22.4 Å². The van der Waals surface area contributed by atoms with Crippen LogP contribution in [0.4, 0.5) is 10.1 Å². The SMILES string of the molecule is Cc1ccc(S(=O)(=O)N(CC(=O)N(Cc2ccccc2F)[C@H](C)C(=O)NC2CCCC2)c2cccc(Cl)c2C)cc1. The van der Waals surface area contributed by atoms with Gasteiger partial charge in [0.05, 0.1) is 10.6 Å². The summed E-state index contributed by atoms with van der Waals surface area (Å²) in [6.07, 6.45) is 3.75. The number of sulfonamides is 1. The zero-order chi connectivity index (χ0) is 29.7. The van der Waals surface area contributed by atoms with Crippen molar-refractivity contribution in [1.29, 1.82) is 0 Å². The average molecular weight is 600 g/mol. The van der Waals surface area contributed by atoms with Crippen molar-refractivity contribution in [2.75, 3.05) is 10.8 Å². The van der Waals surface area contributed by atoms with Gasteiger partial charge in [0, 0.05) is 23.2 Å². The van der Waals surface area contributed by atoms with E-state index in [0.717, 1.165) is 35.6 Å². The van der Waals surface area contributed by atoms with Gasteiger partial charge in [-0.25, -0.2) is 12.8 Å². The fourth-order valence-corrected chi connectivity index (χ4v) is 6.64. The third kappa shape index (κ3) is 7.08. The number of hydrogen-bond donors (Lipinski definition) is 1. The molecule has 0 aromatic heterocycles. The van der Waals surface area contributed by atoms with Crippen LogP contribution < -0.4 is 9.62 Å². The normalized spacial score (nSPS) is 14.5. The first-order valence-corrected chi connectivity index (χ1v) is 15.5. The quantitative estimate of drug-likeness (QED) is 0.321. The van der Waals surface area contributed by atoms with Crippen molar-refractivity contribution in [3.05, 3.63) is 94.3 Å². The number of rotatable bonds is 10. The first-order chi connectivity index (χ1) is 19.5. The lowest BCUT2D eigenvalue weighted by Gasteiger charge is -2.33. The molecule has 0 bridgehead atoms. The van der Waals surface area contributed by atoms with Crippen LogP contribution in [0, 0.1) is 19.7 Å². The minimum Gasteiger partial charge on any atom is -0.352 e. The van der Waals surface area contributed by atoms with Gasteiger partial charge in [-0.3, -0.25) is 13.9 Å². The summed E-state index contributed by atoms with van der Waals surface area (Å²) in [4.78, 5) is 28.6. The summed E-state index contributed by atoms with van der Waals surface area (Å²) in [5.41, 5.74) is 1.81. The van der Waals surface area contributed by atoms with Gasteiger partial charge in [0.1, 0.15) is 18.4 Å². The van der Waals surface area contributed by atoms with Gasteiger partial charge in [-0.1, -0.05) is 66.4 Å². The van der Waals surface area contributed by atoms with Crippen molar-refractivity contribution in [3.63, 3.8) is 0 Å². The predicted octanol–water partition coefficient (Wildman–Crippen LogP) is 5.77. The minimum atomic E-state index is -4.23. The molecule has 10 heteroatoms. The van der Waals surface area contributed by atoms with Gasteiger partial charge in [-0.15, -0.1) is 0 Å². The molecule has 4 rings (SSSR count). The van der Waals surface area contributed by atoms with Crippen LogP contribution in [-0.4, -0.2) is 43.8 Å². The molecule has 218 valence electrons. The van der Waals surface area contributed by atoms with Gasteiger partial charge in [-0.2, -0.15) is 0 Å². The number of aryl methyl sites for hydroxylation is 1. The van der Waals surface area contributed by atoms with Crippen molar-refractivity contribution in [2.45, 2.75) is 70.0 Å². The second kappa shape index (κ2) is 13.0. The molecule has 0 radical (unpaired) electrons. The molecule has 0 unspecified atom stereocenters. The molecule has 1 atom stereocenters. The Morgan fingerprint density at radius 3 is 2.32 bits per heavy atom. The van der Waals surface area contributed by atoms with Crippen LogP contribution in [0.25, 0.3) is 0 Å². The fourth-order valence-electron chi connectivity index (χ4n) is 5.00. The number of amides is 2. The summed E-state index contributed by atoms with van der Waals surface area (Å²) in [6.45, 7) is 4.27. The molecular weight excluding hydrogens is 565 g/mol. The molecule has 1 saturated carbocycles. The molecule has 0 aliphatic heterocycles. The molecule has 0 heterocycles. The maximum Gasteiger partial charge on any atom is 0.264 e. The van der Waals surface area contributed by atoms with Crippen molar-refractivity contribution >= 4 is 39.1 Å². The highest BCUT2D eigenvalue weighted by molar-refractivity contribution is 7.92. The largest absolute Gasteiger partial charge is 0.352 e. The summed E-state index contributed by atoms with van der Waals surface area (Å²) < 4.78 is 43.7. The molecule has 3 aromatic rings. The van der Waals surface area contributed by atoms with E-state index in [0.29, 0.717) is 10.6 Å². The molecule has 0 saturated heterocycles. The van der Waals surface area contributed by atoms with Gasteiger partial charge in [0.15, 0.2) is 0 Å². The number of benzene rings is 3. The maximum absolute atomic E-state index is 14.7. The van der Waals surface area contributed by atoms with Crippen LogP contribution in [0.3, 0.4) is 0 Å². The van der Waals surface area contributed by atoms with Crippen LogP contribution in [0.2, 0.25) is 5.02 Å². The highest BCUT2D eigenvalue weighted by Crippen LogP contribution is 2.31. The Hall–Kier alpha value is -3.43. The van der Waals surface area contributed by atoms with Crippen molar-refractivity contribution < 1.29 is 22.4 Å². The Morgan fingerprint density at radius 1 is 1.00 bits per heavy atom. The van der Waals surface area contributed by atoms with Crippen LogP contribution in [0.5, 0.6) is 0 Å². The maximum atomic E-state index is 14.7. The van der Waals surface area contributed by atoms with E-state index in [1.807, 2.05) is 6.92 Å². The Bertz CT molecular complexity index is 1510. The summed E-state index contributed by atoms with van der Waals surface area (Å²) >= 11 is 6.36. The zero-order valence-corrected chi connectivity index (χ0v) is 25.0. The molecule has 2 amide bonds. The summed E-state index contributed by atoms with van der Waals surface area (Å²) in [5, 5.41) is 3.34. The van der Waals surface area contributed by atoms with Crippen LogP contribution in [-0.2, 0) is 26.2 Å². The average Bonchev–Trinajstić information content (AvgIpc) is 3.45. The highest BCUT2D eigenvalue weighted by atomic mass is 35.5. The Morgan fingerprint density at radius 2 is 1.66 bits per heavy atom. The van der Waals surface area contributed by atoms with Crippen LogP contribution in [0.1, 0.15) is 49.3 Å². The second-order valence-electron chi connectivity index (χ2n) is 10.5. The number of hydrogen-bond acceptors (Lipinski definition) is 4. The van der Waals surface area contributed by atoms with E-state index >= 15 is 0 Å². The topological polar surface area (TPSA) is 86.8 Å². The van der Waals surface area contributed by atoms with E-state index in [4.69, 9.17) is 11.6 Å². The zero-order valence-electron chi connectivity index (χ0n) is 23.4. The number of carbonyl (C=O) groups is 2. The van der Waals surface area contributed by atoms with E-state index < -0.39 is 34.3 Å². The highest BCUT2D eigenvalue weighted by Gasteiger charge is 2.34. The summed E-state index contributed by atoms with van der Waals surface area (Å²) in [5.74, 6) is -1.55. The van der Waals surface area contributed by atoms with Gasteiger partial charge in [0.25, 0.3) is 10.0 Å².